The third-order valence-electron chi connectivity index (χ3n) is 5.29. The van der Waals surface area contributed by atoms with E-state index in [-0.39, 0.29) is 6.61 Å². The first-order valence-electron chi connectivity index (χ1n) is 11.0. The third kappa shape index (κ3) is 5.03. The molecule has 1 N–H and O–H groups in total. The second-order valence-corrected chi connectivity index (χ2v) is 8.50. The van der Waals surface area contributed by atoms with Gasteiger partial charge in [-0.05, 0) is 26.3 Å². The van der Waals surface area contributed by atoms with Crippen LogP contribution in [-0.2, 0) is 9.53 Å². The molecule has 0 unspecified atom stereocenters. The summed E-state index contributed by atoms with van der Waals surface area (Å²) < 4.78 is 18.3. The van der Waals surface area contributed by atoms with Crippen LogP contribution in [0.2, 0.25) is 0 Å². The van der Waals surface area contributed by atoms with E-state index in [2.05, 4.69) is 17.2 Å². The van der Waals surface area contributed by atoms with Crippen molar-refractivity contribution in [1.29, 1.82) is 0 Å². The number of benzene rings is 1. The van der Waals surface area contributed by atoms with E-state index in [0.29, 0.717) is 33.9 Å². The molecule has 0 radical (unpaired) electrons. The molecule has 1 aliphatic rings. The summed E-state index contributed by atoms with van der Waals surface area (Å²) in [4.78, 5) is 17.7. The summed E-state index contributed by atoms with van der Waals surface area (Å²) in [5.41, 5.74) is 1.90. The number of hydrogen-bond acceptors (Lipinski definition) is 8. The number of ether oxygens (including phenoxy) is 3. The first-order chi connectivity index (χ1) is 15.5. The van der Waals surface area contributed by atoms with E-state index >= 15 is 0 Å². The predicted molar refractivity (Wildman–Crippen MR) is 126 cm³/mol. The maximum Gasteiger partial charge on any atom is 0.338 e. The van der Waals surface area contributed by atoms with Gasteiger partial charge in [0.1, 0.15) is 6.04 Å². The second-order valence-electron chi connectivity index (χ2n) is 7.44. The smallest absolute Gasteiger partial charge is 0.338 e. The van der Waals surface area contributed by atoms with Crippen molar-refractivity contribution in [3.8, 4) is 11.5 Å². The molecule has 0 saturated carbocycles. The summed E-state index contributed by atoms with van der Waals surface area (Å²) in [6.45, 7) is 6.12. The number of nitrogens with one attached hydrogen (secondary N) is 1. The number of rotatable bonds is 11. The van der Waals surface area contributed by atoms with Gasteiger partial charge in [-0.1, -0.05) is 50.1 Å². The van der Waals surface area contributed by atoms with Crippen molar-refractivity contribution >= 4 is 23.7 Å². The normalized spacial score (nSPS) is 15.2. The minimum absolute atomic E-state index is 0.278. The van der Waals surface area contributed by atoms with E-state index < -0.39 is 12.0 Å². The van der Waals surface area contributed by atoms with Crippen LogP contribution in [0.4, 0.5) is 5.95 Å². The van der Waals surface area contributed by atoms with E-state index in [9.17, 15) is 4.79 Å². The van der Waals surface area contributed by atoms with Gasteiger partial charge in [-0.15, -0.1) is 5.10 Å². The highest BCUT2D eigenvalue weighted by Crippen LogP contribution is 2.43. The SMILES string of the molecule is CCCCCCSc1nc2n(n1)[C@H](c1cccc(OC)c1OC)C(C(=O)OCC)=C(C)N2. The molecule has 0 bridgehead atoms. The molecule has 1 aromatic carbocycles. The zero-order chi connectivity index (χ0) is 23.1. The summed E-state index contributed by atoms with van der Waals surface area (Å²) in [5.74, 6) is 2.26. The largest absolute Gasteiger partial charge is 0.493 e. The van der Waals surface area contributed by atoms with E-state index in [4.69, 9.17) is 19.3 Å². The molecule has 0 fully saturated rings. The molecule has 3 rings (SSSR count). The van der Waals surface area contributed by atoms with Gasteiger partial charge in [0, 0.05) is 17.0 Å². The molecule has 0 aliphatic carbocycles. The van der Waals surface area contributed by atoms with Crippen LogP contribution in [0.3, 0.4) is 0 Å². The number of unbranched alkanes of at least 4 members (excludes halogenated alkanes) is 3. The fraction of sp³-hybridized carbons (Fsp3) is 0.522. The Kier molecular flexibility index (Phi) is 8.44. The van der Waals surface area contributed by atoms with Crippen LogP contribution in [0.25, 0.3) is 0 Å². The average molecular weight is 461 g/mol. The number of esters is 1. The fourth-order valence-corrected chi connectivity index (χ4v) is 4.60. The minimum Gasteiger partial charge on any atom is -0.493 e. The van der Waals surface area contributed by atoms with Crippen molar-refractivity contribution in [3.05, 3.63) is 35.0 Å². The van der Waals surface area contributed by atoms with Gasteiger partial charge in [-0.3, -0.25) is 0 Å². The van der Waals surface area contributed by atoms with Crippen LogP contribution in [0.15, 0.2) is 34.6 Å². The average Bonchev–Trinajstić information content (AvgIpc) is 3.19. The highest BCUT2D eigenvalue weighted by atomic mass is 32.2. The van der Waals surface area contributed by atoms with E-state index in [1.54, 1.807) is 37.6 Å². The maximum atomic E-state index is 13.0. The molecule has 32 heavy (non-hydrogen) atoms. The molecular formula is C23H32N4O4S. The Balaban J connectivity index is 2.03. The summed E-state index contributed by atoms with van der Waals surface area (Å²) in [6.07, 6.45) is 4.76. The molecule has 9 heteroatoms. The number of aromatic nitrogens is 3. The van der Waals surface area contributed by atoms with Gasteiger partial charge in [-0.25, -0.2) is 9.48 Å². The Bertz CT molecular complexity index is 973. The van der Waals surface area contributed by atoms with Crippen LogP contribution in [0.5, 0.6) is 11.5 Å². The highest BCUT2D eigenvalue weighted by molar-refractivity contribution is 7.99. The number of allylic oxidation sites excluding steroid dienone is 1. The Hall–Kier alpha value is -2.68. The third-order valence-corrected chi connectivity index (χ3v) is 6.21. The molecule has 0 amide bonds. The fourth-order valence-electron chi connectivity index (χ4n) is 3.77. The standard InChI is InChI=1S/C23H32N4O4S/c1-6-8-9-10-14-32-23-25-22-24-15(3)18(21(28)31-7-2)19(27(22)26-23)16-12-11-13-17(29-4)20(16)30-5/h11-13,19H,6-10,14H2,1-5H3,(H,24,25,26)/t19-/m1/s1. The van der Waals surface area contributed by atoms with Gasteiger partial charge in [0.25, 0.3) is 0 Å². The number of para-hydroxylation sites is 1. The lowest BCUT2D eigenvalue weighted by Crippen LogP contribution is -2.30. The van der Waals surface area contributed by atoms with Crippen LogP contribution >= 0.6 is 11.8 Å². The number of hydrogen-bond donors (Lipinski definition) is 1. The lowest BCUT2D eigenvalue weighted by molar-refractivity contribution is -0.139. The van der Waals surface area contributed by atoms with Gasteiger partial charge in [-0.2, -0.15) is 4.98 Å². The van der Waals surface area contributed by atoms with Crippen molar-refractivity contribution in [2.45, 2.75) is 57.7 Å². The van der Waals surface area contributed by atoms with Crippen LogP contribution < -0.4 is 14.8 Å². The first-order valence-corrected chi connectivity index (χ1v) is 12.0. The Morgan fingerprint density at radius 1 is 1.19 bits per heavy atom. The second kappa shape index (κ2) is 11.3. The Morgan fingerprint density at radius 2 is 2.00 bits per heavy atom. The molecule has 2 aromatic rings. The first kappa shape index (κ1) is 24.0. The van der Waals surface area contributed by atoms with Crippen molar-refractivity contribution in [3.63, 3.8) is 0 Å². The van der Waals surface area contributed by atoms with Crippen LogP contribution in [-0.4, -0.2) is 47.3 Å². The summed E-state index contributed by atoms with van der Waals surface area (Å²) in [5, 5.41) is 8.66. The zero-order valence-electron chi connectivity index (χ0n) is 19.4. The highest BCUT2D eigenvalue weighted by Gasteiger charge is 2.37. The minimum atomic E-state index is -0.558. The Morgan fingerprint density at radius 3 is 2.69 bits per heavy atom. The van der Waals surface area contributed by atoms with Gasteiger partial charge < -0.3 is 19.5 Å². The van der Waals surface area contributed by atoms with E-state index in [1.807, 2.05) is 25.1 Å². The van der Waals surface area contributed by atoms with Crippen molar-refractivity contribution < 1.29 is 19.0 Å². The van der Waals surface area contributed by atoms with Crippen LogP contribution in [0.1, 0.15) is 58.1 Å². The van der Waals surface area contributed by atoms with Gasteiger partial charge in [0.2, 0.25) is 11.1 Å². The van der Waals surface area contributed by atoms with E-state index in [1.165, 1.54) is 19.3 Å². The molecule has 174 valence electrons. The van der Waals surface area contributed by atoms with Crippen LogP contribution in [0, 0.1) is 0 Å². The van der Waals surface area contributed by atoms with Gasteiger partial charge >= 0.3 is 5.97 Å². The number of methoxy groups -OCH3 is 2. The predicted octanol–water partition coefficient (Wildman–Crippen LogP) is 4.82. The number of thioether (sulfide) groups is 1. The monoisotopic (exact) mass is 460 g/mol. The van der Waals surface area contributed by atoms with E-state index in [0.717, 1.165) is 17.7 Å². The molecular weight excluding hydrogens is 428 g/mol. The van der Waals surface area contributed by atoms with Crippen molar-refractivity contribution in [2.24, 2.45) is 0 Å². The molecule has 1 atom stereocenters. The van der Waals surface area contributed by atoms with Crippen molar-refractivity contribution in [2.75, 3.05) is 31.9 Å². The summed E-state index contributed by atoms with van der Waals surface area (Å²) >= 11 is 1.63. The quantitative estimate of drug-likeness (QED) is 0.290. The molecule has 1 aliphatic heterocycles. The number of fused-ring (bicyclic) bond motifs is 1. The lowest BCUT2D eigenvalue weighted by Gasteiger charge is -2.29. The molecule has 0 saturated heterocycles. The summed E-state index contributed by atoms with van der Waals surface area (Å²) in [7, 11) is 3.18. The molecule has 2 heterocycles. The van der Waals surface area contributed by atoms with Gasteiger partial charge in [0.05, 0.1) is 26.4 Å². The number of carbonyl (C=O) groups excluding carboxylic acids is 1. The topological polar surface area (TPSA) is 87.5 Å². The molecule has 8 nitrogen and oxygen atoms in total. The number of carbonyl (C=O) groups is 1. The summed E-state index contributed by atoms with van der Waals surface area (Å²) in [6, 6.07) is 5.05. The number of anilines is 1. The molecule has 1 aromatic heterocycles. The lowest BCUT2D eigenvalue weighted by atomic mass is 9.94. The zero-order valence-corrected chi connectivity index (χ0v) is 20.3. The van der Waals surface area contributed by atoms with Gasteiger partial charge in [0.15, 0.2) is 11.5 Å². The number of nitrogens with zero attached hydrogens (tertiary/aromatic N) is 3. The maximum absolute atomic E-state index is 13.0. The Labute approximate surface area is 193 Å². The van der Waals surface area contributed by atoms with Crippen molar-refractivity contribution in [1.82, 2.24) is 14.8 Å². The molecule has 0 spiro atoms.